The van der Waals surface area contributed by atoms with Crippen molar-refractivity contribution in [2.24, 2.45) is 5.92 Å². The van der Waals surface area contributed by atoms with Gasteiger partial charge in [-0.05, 0) is 25.3 Å². The van der Waals surface area contributed by atoms with Crippen molar-refractivity contribution >= 4 is 26.5 Å². The summed E-state index contributed by atoms with van der Waals surface area (Å²) in [7, 11) is -2.96. The van der Waals surface area contributed by atoms with Crippen molar-refractivity contribution in [1.82, 2.24) is 15.1 Å². The van der Waals surface area contributed by atoms with Crippen LogP contribution in [-0.2, 0) is 21.2 Å². The van der Waals surface area contributed by atoms with Crippen LogP contribution >= 0.6 is 0 Å². The molecule has 1 aliphatic rings. The summed E-state index contributed by atoms with van der Waals surface area (Å²) >= 11 is 0. The molecule has 1 amide bonds. The molecule has 1 aromatic heterocycles. The fourth-order valence-corrected chi connectivity index (χ4v) is 4.86. The van der Waals surface area contributed by atoms with Gasteiger partial charge in [-0.2, -0.15) is 5.10 Å². The molecule has 0 spiro atoms. The molecule has 0 saturated carbocycles. The molecular weight excluding hydrogens is 330 g/mol. The molecule has 8 heteroatoms. The molecule has 2 aromatic rings. The molecule has 1 unspecified atom stereocenters. The van der Waals surface area contributed by atoms with Crippen molar-refractivity contribution in [3.05, 3.63) is 40.3 Å². The maximum absolute atomic E-state index is 12.4. The lowest BCUT2D eigenvalue weighted by atomic mass is 10.1. The minimum atomic E-state index is -2.96. The maximum Gasteiger partial charge on any atom is 0.275 e. The topological polar surface area (TPSA) is 98.1 Å². The molecule has 24 heavy (non-hydrogen) atoms. The van der Waals surface area contributed by atoms with Crippen LogP contribution in [0.2, 0.25) is 0 Å². The van der Waals surface area contributed by atoms with Crippen LogP contribution in [0.5, 0.6) is 0 Å². The van der Waals surface area contributed by atoms with Gasteiger partial charge in [0.2, 0.25) is 5.91 Å². The minimum absolute atomic E-state index is 0.0537. The van der Waals surface area contributed by atoms with E-state index in [0.29, 0.717) is 24.0 Å². The average Bonchev–Trinajstić information content (AvgIpc) is 2.90. The van der Waals surface area contributed by atoms with Crippen molar-refractivity contribution in [3.8, 4) is 0 Å². The number of rotatable bonds is 4. The normalized spacial score (nSPS) is 19.5. The fourth-order valence-electron chi connectivity index (χ4n) is 2.99. The predicted octanol–water partition coefficient (Wildman–Crippen LogP) is 0.256. The zero-order valence-electron chi connectivity index (χ0n) is 13.4. The number of benzene rings is 1. The fraction of sp³-hybridized carbons (Fsp3) is 0.438. The molecule has 128 valence electrons. The van der Waals surface area contributed by atoms with Crippen LogP contribution in [0.3, 0.4) is 0 Å². The highest BCUT2D eigenvalue weighted by Gasteiger charge is 2.27. The van der Waals surface area contributed by atoms with Crippen molar-refractivity contribution in [3.63, 3.8) is 0 Å². The summed E-state index contributed by atoms with van der Waals surface area (Å²) < 4.78 is 24.0. The zero-order chi connectivity index (χ0) is 17.3. The molecule has 1 saturated heterocycles. The standard InChI is InChI=1S/C16H19N3O4S/c1-11-13-4-2-3-5-14(13)16(21)19(18-11)9-15(20)17-8-12-6-7-24(22,23)10-12/h2-5,12H,6-10H2,1H3,(H,17,20). The Hall–Kier alpha value is -2.22. The molecule has 1 atom stereocenters. The smallest absolute Gasteiger partial charge is 0.275 e. The van der Waals surface area contributed by atoms with E-state index in [1.807, 2.05) is 12.1 Å². The number of carbonyl (C=O) groups excluding carboxylic acids is 1. The van der Waals surface area contributed by atoms with Crippen LogP contribution in [0.25, 0.3) is 10.8 Å². The first-order chi connectivity index (χ1) is 11.4. The number of amides is 1. The van der Waals surface area contributed by atoms with E-state index in [0.717, 1.165) is 10.1 Å². The minimum Gasteiger partial charge on any atom is -0.354 e. The van der Waals surface area contributed by atoms with Crippen molar-refractivity contribution in [2.45, 2.75) is 19.9 Å². The van der Waals surface area contributed by atoms with Gasteiger partial charge in [0.05, 0.1) is 22.6 Å². The molecule has 2 heterocycles. The SMILES string of the molecule is Cc1nn(CC(=O)NCC2CCS(=O)(=O)C2)c(=O)c2ccccc12. The molecule has 0 bridgehead atoms. The van der Waals surface area contributed by atoms with Gasteiger partial charge in [-0.15, -0.1) is 0 Å². The zero-order valence-corrected chi connectivity index (χ0v) is 14.2. The summed E-state index contributed by atoms with van der Waals surface area (Å²) in [5.74, 6) is -0.107. The lowest BCUT2D eigenvalue weighted by molar-refractivity contribution is -0.122. The number of sulfone groups is 1. The van der Waals surface area contributed by atoms with E-state index in [1.54, 1.807) is 19.1 Å². The van der Waals surface area contributed by atoms with Gasteiger partial charge < -0.3 is 5.32 Å². The molecular formula is C16H19N3O4S. The summed E-state index contributed by atoms with van der Waals surface area (Å²) in [4.78, 5) is 24.5. The van der Waals surface area contributed by atoms with E-state index >= 15 is 0 Å². The Balaban J connectivity index is 1.70. The van der Waals surface area contributed by atoms with Gasteiger partial charge >= 0.3 is 0 Å². The second-order valence-corrected chi connectivity index (χ2v) is 8.40. The van der Waals surface area contributed by atoms with Gasteiger partial charge in [0, 0.05) is 11.9 Å². The number of hydrogen-bond acceptors (Lipinski definition) is 5. The lowest BCUT2D eigenvalue weighted by Crippen LogP contribution is -2.36. The molecule has 1 N–H and O–H groups in total. The third-order valence-corrected chi connectivity index (χ3v) is 6.10. The number of carbonyl (C=O) groups is 1. The summed E-state index contributed by atoms with van der Waals surface area (Å²) in [6, 6.07) is 7.14. The third kappa shape index (κ3) is 3.48. The van der Waals surface area contributed by atoms with Crippen molar-refractivity contribution < 1.29 is 13.2 Å². The van der Waals surface area contributed by atoms with Gasteiger partial charge in [-0.1, -0.05) is 18.2 Å². The van der Waals surface area contributed by atoms with Gasteiger partial charge in [-0.3, -0.25) is 9.59 Å². The van der Waals surface area contributed by atoms with Crippen LogP contribution < -0.4 is 10.9 Å². The summed E-state index contributed by atoms with van der Waals surface area (Å²) in [5.41, 5.74) is 0.370. The Kier molecular flexibility index (Phi) is 4.40. The first kappa shape index (κ1) is 16.6. The highest BCUT2D eigenvalue weighted by atomic mass is 32.2. The predicted molar refractivity (Wildman–Crippen MR) is 90.5 cm³/mol. The summed E-state index contributed by atoms with van der Waals surface area (Å²) in [6.45, 7) is 1.92. The van der Waals surface area contributed by atoms with E-state index < -0.39 is 9.84 Å². The molecule has 1 fully saturated rings. The molecule has 3 rings (SSSR count). The van der Waals surface area contributed by atoms with Crippen LogP contribution in [0.15, 0.2) is 29.1 Å². The third-order valence-electron chi connectivity index (χ3n) is 4.26. The highest BCUT2D eigenvalue weighted by molar-refractivity contribution is 7.91. The lowest BCUT2D eigenvalue weighted by Gasteiger charge is -2.11. The van der Waals surface area contributed by atoms with Crippen molar-refractivity contribution in [1.29, 1.82) is 0 Å². The number of nitrogens with one attached hydrogen (secondary N) is 1. The summed E-state index contributed by atoms with van der Waals surface area (Å²) in [5, 5.41) is 8.19. The number of hydrogen-bond donors (Lipinski definition) is 1. The first-order valence-corrected chi connectivity index (χ1v) is 9.61. The molecule has 0 radical (unpaired) electrons. The van der Waals surface area contributed by atoms with Gasteiger partial charge in [-0.25, -0.2) is 13.1 Å². The number of nitrogens with zero attached hydrogens (tertiary/aromatic N) is 2. The Labute approximate surface area is 139 Å². The van der Waals surface area contributed by atoms with Gasteiger partial charge in [0.25, 0.3) is 5.56 Å². The van der Waals surface area contributed by atoms with E-state index in [9.17, 15) is 18.0 Å². The number of aromatic nitrogens is 2. The van der Waals surface area contributed by atoms with E-state index in [1.165, 1.54) is 0 Å². The van der Waals surface area contributed by atoms with E-state index in [-0.39, 0.29) is 35.4 Å². The molecule has 7 nitrogen and oxygen atoms in total. The number of aryl methyl sites for hydroxylation is 1. The van der Waals surface area contributed by atoms with Crippen LogP contribution in [0, 0.1) is 12.8 Å². The van der Waals surface area contributed by atoms with Crippen molar-refractivity contribution in [2.75, 3.05) is 18.1 Å². The molecule has 1 aromatic carbocycles. The molecule has 0 aliphatic carbocycles. The maximum atomic E-state index is 12.4. The van der Waals surface area contributed by atoms with Gasteiger partial charge in [0.15, 0.2) is 9.84 Å². The number of fused-ring (bicyclic) bond motifs is 1. The van der Waals surface area contributed by atoms with Crippen LogP contribution in [-0.4, -0.2) is 42.2 Å². The van der Waals surface area contributed by atoms with Crippen LogP contribution in [0.4, 0.5) is 0 Å². The molecule has 1 aliphatic heterocycles. The Morgan fingerprint density at radius 2 is 2.04 bits per heavy atom. The second-order valence-electron chi connectivity index (χ2n) is 6.17. The Bertz CT molecular complexity index is 949. The monoisotopic (exact) mass is 349 g/mol. The Morgan fingerprint density at radius 3 is 2.71 bits per heavy atom. The quantitative estimate of drug-likeness (QED) is 0.853. The summed E-state index contributed by atoms with van der Waals surface area (Å²) in [6.07, 6.45) is 0.565. The first-order valence-electron chi connectivity index (χ1n) is 7.79. The van der Waals surface area contributed by atoms with E-state index in [4.69, 9.17) is 0 Å². The largest absolute Gasteiger partial charge is 0.354 e. The Morgan fingerprint density at radius 1 is 1.33 bits per heavy atom. The second kappa shape index (κ2) is 6.35. The van der Waals surface area contributed by atoms with E-state index in [2.05, 4.69) is 10.4 Å². The van der Waals surface area contributed by atoms with Gasteiger partial charge in [0.1, 0.15) is 6.54 Å². The van der Waals surface area contributed by atoms with Crippen LogP contribution in [0.1, 0.15) is 12.1 Å². The highest BCUT2D eigenvalue weighted by Crippen LogP contribution is 2.17. The average molecular weight is 349 g/mol.